The summed E-state index contributed by atoms with van der Waals surface area (Å²) in [7, 11) is 0. The maximum absolute atomic E-state index is 14.0. The zero-order valence-corrected chi connectivity index (χ0v) is 11.2. The topological polar surface area (TPSA) is 52.0 Å². The van der Waals surface area contributed by atoms with Gasteiger partial charge in [0.15, 0.2) is 0 Å². The SMILES string of the molecule is Cc1ccccc1-c1c(-c2c(F)cccc2F)noc1N. The minimum atomic E-state index is -0.710. The van der Waals surface area contributed by atoms with E-state index in [2.05, 4.69) is 5.16 Å². The van der Waals surface area contributed by atoms with Crippen LogP contribution in [0.5, 0.6) is 0 Å². The predicted octanol–water partition coefficient (Wildman–Crippen LogP) is 4.18. The lowest BCUT2D eigenvalue weighted by Crippen LogP contribution is -1.94. The smallest absolute Gasteiger partial charge is 0.230 e. The number of aromatic nitrogens is 1. The van der Waals surface area contributed by atoms with Crippen LogP contribution in [0, 0.1) is 18.6 Å². The number of rotatable bonds is 2. The summed E-state index contributed by atoms with van der Waals surface area (Å²) < 4.78 is 32.9. The van der Waals surface area contributed by atoms with Gasteiger partial charge in [0.2, 0.25) is 5.88 Å². The van der Waals surface area contributed by atoms with Crippen LogP contribution in [0.15, 0.2) is 47.0 Å². The molecule has 0 aliphatic rings. The Kier molecular flexibility index (Phi) is 3.17. The fraction of sp³-hybridized carbons (Fsp3) is 0.0625. The monoisotopic (exact) mass is 286 g/mol. The van der Waals surface area contributed by atoms with Crippen LogP contribution in [0.25, 0.3) is 22.4 Å². The van der Waals surface area contributed by atoms with Gasteiger partial charge in [-0.15, -0.1) is 0 Å². The Morgan fingerprint density at radius 3 is 2.29 bits per heavy atom. The Morgan fingerprint density at radius 1 is 0.952 bits per heavy atom. The van der Waals surface area contributed by atoms with Crippen molar-refractivity contribution < 1.29 is 13.3 Å². The van der Waals surface area contributed by atoms with Crippen molar-refractivity contribution in [1.29, 1.82) is 0 Å². The van der Waals surface area contributed by atoms with Gasteiger partial charge in [0.25, 0.3) is 0 Å². The number of hydrogen-bond acceptors (Lipinski definition) is 3. The third kappa shape index (κ3) is 2.16. The summed E-state index contributed by atoms with van der Waals surface area (Å²) in [5, 5.41) is 3.75. The van der Waals surface area contributed by atoms with Crippen LogP contribution in [-0.2, 0) is 0 Å². The van der Waals surface area contributed by atoms with Crippen LogP contribution in [0.1, 0.15) is 5.56 Å². The van der Waals surface area contributed by atoms with Gasteiger partial charge in [0.05, 0.1) is 11.1 Å². The zero-order chi connectivity index (χ0) is 15.0. The first kappa shape index (κ1) is 13.3. The summed E-state index contributed by atoms with van der Waals surface area (Å²) in [4.78, 5) is 0. The van der Waals surface area contributed by atoms with Crippen molar-refractivity contribution in [1.82, 2.24) is 5.16 Å². The third-order valence-corrected chi connectivity index (χ3v) is 3.33. The van der Waals surface area contributed by atoms with Crippen molar-refractivity contribution in [3.63, 3.8) is 0 Å². The first-order valence-electron chi connectivity index (χ1n) is 6.35. The Hall–Kier alpha value is -2.69. The summed E-state index contributed by atoms with van der Waals surface area (Å²) in [6.45, 7) is 1.88. The van der Waals surface area contributed by atoms with Crippen molar-refractivity contribution in [3.8, 4) is 22.4 Å². The van der Waals surface area contributed by atoms with Gasteiger partial charge in [-0.25, -0.2) is 8.78 Å². The highest BCUT2D eigenvalue weighted by atomic mass is 19.1. The Balaban J connectivity index is 2.31. The summed E-state index contributed by atoms with van der Waals surface area (Å²) in [5.41, 5.74) is 7.67. The second-order valence-corrected chi connectivity index (χ2v) is 4.68. The van der Waals surface area contributed by atoms with E-state index in [-0.39, 0.29) is 17.1 Å². The summed E-state index contributed by atoms with van der Waals surface area (Å²) in [6, 6.07) is 11.0. The highest BCUT2D eigenvalue weighted by molar-refractivity contribution is 5.88. The number of anilines is 1. The van der Waals surface area contributed by atoms with Crippen LogP contribution in [-0.4, -0.2) is 5.16 Å². The lowest BCUT2D eigenvalue weighted by molar-refractivity contribution is 0.438. The van der Waals surface area contributed by atoms with Crippen LogP contribution in [0.4, 0.5) is 14.7 Å². The normalized spacial score (nSPS) is 10.8. The molecule has 0 spiro atoms. The number of benzene rings is 2. The van der Waals surface area contributed by atoms with Gasteiger partial charge in [0, 0.05) is 0 Å². The largest absolute Gasteiger partial charge is 0.367 e. The first-order valence-corrected chi connectivity index (χ1v) is 6.35. The fourth-order valence-electron chi connectivity index (χ4n) is 2.31. The number of nitrogen functional groups attached to an aromatic ring is 1. The van der Waals surface area contributed by atoms with Crippen molar-refractivity contribution in [2.75, 3.05) is 5.73 Å². The second-order valence-electron chi connectivity index (χ2n) is 4.68. The summed E-state index contributed by atoms with van der Waals surface area (Å²) >= 11 is 0. The van der Waals surface area contributed by atoms with E-state index < -0.39 is 11.6 Å². The van der Waals surface area contributed by atoms with Gasteiger partial charge in [-0.2, -0.15) is 0 Å². The molecule has 0 amide bonds. The average molecular weight is 286 g/mol. The van der Waals surface area contributed by atoms with Gasteiger partial charge in [-0.3, -0.25) is 0 Å². The van der Waals surface area contributed by atoms with Gasteiger partial charge >= 0.3 is 0 Å². The molecule has 0 aliphatic carbocycles. The Bertz CT molecular complexity index is 792. The molecule has 0 bridgehead atoms. The lowest BCUT2D eigenvalue weighted by Gasteiger charge is -2.07. The van der Waals surface area contributed by atoms with Gasteiger partial charge in [0.1, 0.15) is 17.3 Å². The second kappa shape index (κ2) is 5.01. The Labute approximate surface area is 120 Å². The standard InChI is InChI=1S/C16H12F2N2O/c1-9-5-2-3-6-10(9)13-15(20-21-16(13)19)14-11(17)7-4-8-12(14)18/h2-8H,19H2,1H3. The summed E-state index contributed by atoms with van der Waals surface area (Å²) in [5.74, 6) is -1.39. The molecule has 1 heterocycles. The summed E-state index contributed by atoms with van der Waals surface area (Å²) in [6.07, 6.45) is 0. The van der Waals surface area contributed by atoms with E-state index in [0.29, 0.717) is 5.56 Å². The fourth-order valence-corrected chi connectivity index (χ4v) is 2.31. The molecule has 0 saturated heterocycles. The number of aryl methyl sites for hydroxylation is 1. The number of nitrogens with zero attached hydrogens (tertiary/aromatic N) is 1. The molecule has 1 aromatic heterocycles. The van der Waals surface area contributed by atoms with Crippen molar-refractivity contribution in [3.05, 3.63) is 59.7 Å². The molecule has 0 atom stereocenters. The van der Waals surface area contributed by atoms with E-state index in [1.807, 2.05) is 25.1 Å². The molecule has 5 heteroatoms. The maximum Gasteiger partial charge on any atom is 0.230 e. The van der Waals surface area contributed by atoms with E-state index in [1.165, 1.54) is 18.2 Å². The average Bonchev–Trinajstić information content (AvgIpc) is 2.81. The minimum Gasteiger partial charge on any atom is -0.367 e. The van der Waals surface area contributed by atoms with Gasteiger partial charge in [-0.1, -0.05) is 35.5 Å². The molecule has 0 fully saturated rings. The molecule has 3 rings (SSSR count). The van der Waals surface area contributed by atoms with Crippen molar-refractivity contribution in [2.24, 2.45) is 0 Å². The number of halogens is 2. The first-order chi connectivity index (χ1) is 10.1. The zero-order valence-electron chi connectivity index (χ0n) is 11.2. The molecule has 0 aliphatic heterocycles. The van der Waals surface area contributed by atoms with E-state index >= 15 is 0 Å². The maximum atomic E-state index is 14.0. The van der Waals surface area contributed by atoms with Crippen molar-refractivity contribution >= 4 is 5.88 Å². The Morgan fingerprint density at radius 2 is 1.62 bits per heavy atom. The predicted molar refractivity (Wildman–Crippen MR) is 76.4 cm³/mol. The molecule has 0 radical (unpaired) electrons. The minimum absolute atomic E-state index is 0.0296. The van der Waals surface area contributed by atoms with E-state index in [4.69, 9.17) is 10.3 Å². The molecule has 3 aromatic rings. The molecular formula is C16H12F2N2O. The molecule has 2 aromatic carbocycles. The van der Waals surface area contributed by atoms with Gasteiger partial charge < -0.3 is 10.3 Å². The highest BCUT2D eigenvalue weighted by Gasteiger charge is 2.23. The van der Waals surface area contributed by atoms with Crippen LogP contribution >= 0.6 is 0 Å². The molecule has 106 valence electrons. The molecule has 21 heavy (non-hydrogen) atoms. The van der Waals surface area contributed by atoms with Crippen LogP contribution in [0.3, 0.4) is 0 Å². The van der Waals surface area contributed by atoms with E-state index in [1.54, 1.807) is 6.07 Å². The van der Waals surface area contributed by atoms with Crippen LogP contribution in [0.2, 0.25) is 0 Å². The number of nitrogens with two attached hydrogens (primary N) is 1. The van der Waals surface area contributed by atoms with E-state index in [9.17, 15) is 8.78 Å². The highest BCUT2D eigenvalue weighted by Crippen LogP contribution is 2.39. The lowest BCUT2D eigenvalue weighted by atomic mass is 9.97. The molecule has 0 saturated carbocycles. The van der Waals surface area contributed by atoms with E-state index in [0.717, 1.165) is 11.1 Å². The van der Waals surface area contributed by atoms with Gasteiger partial charge in [-0.05, 0) is 30.2 Å². The molecule has 0 unspecified atom stereocenters. The third-order valence-electron chi connectivity index (χ3n) is 3.33. The van der Waals surface area contributed by atoms with Crippen LogP contribution < -0.4 is 5.73 Å². The molecule has 3 nitrogen and oxygen atoms in total. The quantitative estimate of drug-likeness (QED) is 0.769. The molecular weight excluding hydrogens is 274 g/mol. The van der Waals surface area contributed by atoms with Crippen molar-refractivity contribution in [2.45, 2.75) is 6.92 Å². The number of hydrogen-bond donors (Lipinski definition) is 1. The molecule has 2 N–H and O–H groups in total.